The summed E-state index contributed by atoms with van der Waals surface area (Å²) in [4.78, 5) is 14.2. The van der Waals surface area contributed by atoms with Gasteiger partial charge in [0, 0.05) is 37.3 Å². The van der Waals surface area contributed by atoms with Crippen molar-refractivity contribution in [3.05, 3.63) is 29.7 Å². The molecule has 118 valence electrons. The topological polar surface area (TPSA) is 54.7 Å². The van der Waals surface area contributed by atoms with Crippen LogP contribution in [0.25, 0.3) is 10.9 Å². The summed E-state index contributed by atoms with van der Waals surface area (Å²) in [6.45, 7) is 4.87. The molecule has 2 heterocycles. The van der Waals surface area contributed by atoms with Crippen LogP contribution in [0.15, 0.2) is 18.3 Å². The number of phenolic OH excluding ortho intramolecular Hbond substituents is 1. The summed E-state index contributed by atoms with van der Waals surface area (Å²) in [5.74, 6) is -0.599. The molecule has 1 aromatic heterocycles. The summed E-state index contributed by atoms with van der Waals surface area (Å²) >= 11 is 0. The smallest absolute Gasteiger partial charge is 0.227 e. The van der Waals surface area contributed by atoms with Crippen LogP contribution in [0, 0.1) is 5.82 Å². The molecule has 1 N–H and O–H groups in total. The molecule has 1 aromatic carbocycles. The second-order valence-corrected chi connectivity index (χ2v) is 5.43. The summed E-state index contributed by atoms with van der Waals surface area (Å²) in [6, 6.07) is 2.48. The number of aryl methyl sites for hydroxylation is 1. The Bertz CT molecular complexity index is 705. The maximum atomic E-state index is 13.5. The van der Waals surface area contributed by atoms with E-state index in [-0.39, 0.29) is 18.1 Å². The van der Waals surface area contributed by atoms with E-state index in [0.29, 0.717) is 43.8 Å². The average molecular weight is 306 g/mol. The van der Waals surface area contributed by atoms with Crippen molar-refractivity contribution < 1.29 is 19.0 Å². The van der Waals surface area contributed by atoms with E-state index < -0.39 is 5.82 Å². The molecule has 0 bridgehead atoms. The Morgan fingerprint density at radius 3 is 2.77 bits per heavy atom. The monoisotopic (exact) mass is 306 g/mol. The van der Waals surface area contributed by atoms with Gasteiger partial charge in [0.15, 0.2) is 0 Å². The number of nitrogens with zero attached hydrogens (tertiary/aromatic N) is 2. The molecule has 5 nitrogen and oxygen atoms in total. The molecule has 1 saturated heterocycles. The van der Waals surface area contributed by atoms with Crippen LogP contribution in [-0.2, 0) is 22.5 Å². The van der Waals surface area contributed by atoms with E-state index in [0.717, 1.165) is 11.6 Å². The fourth-order valence-electron chi connectivity index (χ4n) is 2.94. The lowest BCUT2D eigenvalue weighted by atomic mass is 10.1. The van der Waals surface area contributed by atoms with Gasteiger partial charge < -0.3 is 19.3 Å². The van der Waals surface area contributed by atoms with Crippen LogP contribution in [0.2, 0.25) is 0 Å². The highest BCUT2D eigenvalue weighted by Crippen LogP contribution is 2.31. The maximum Gasteiger partial charge on any atom is 0.227 e. The molecule has 0 unspecified atom stereocenters. The number of benzene rings is 1. The Kier molecular flexibility index (Phi) is 4.02. The van der Waals surface area contributed by atoms with Crippen LogP contribution >= 0.6 is 0 Å². The van der Waals surface area contributed by atoms with Gasteiger partial charge in [-0.05, 0) is 18.6 Å². The van der Waals surface area contributed by atoms with Crippen molar-refractivity contribution in [1.29, 1.82) is 0 Å². The average Bonchev–Trinajstić information content (AvgIpc) is 2.86. The summed E-state index contributed by atoms with van der Waals surface area (Å²) < 4.78 is 20.6. The van der Waals surface area contributed by atoms with Gasteiger partial charge in [-0.2, -0.15) is 0 Å². The lowest BCUT2D eigenvalue weighted by molar-refractivity contribution is -0.134. The summed E-state index contributed by atoms with van der Waals surface area (Å²) in [6.07, 6.45) is 2.02. The van der Waals surface area contributed by atoms with Crippen LogP contribution in [0.3, 0.4) is 0 Å². The van der Waals surface area contributed by atoms with E-state index in [9.17, 15) is 14.3 Å². The van der Waals surface area contributed by atoms with Gasteiger partial charge in [0.1, 0.15) is 11.6 Å². The van der Waals surface area contributed by atoms with E-state index >= 15 is 0 Å². The summed E-state index contributed by atoms with van der Waals surface area (Å²) in [5, 5.41) is 10.6. The minimum absolute atomic E-state index is 0.00202. The summed E-state index contributed by atoms with van der Waals surface area (Å²) in [5.41, 5.74) is 1.34. The van der Waals surface area contributed by atoms with Crippen LogP contribution in [0.1, 0.15) is 12.5 Å². The molecule has 0 atom stereocenters. The van der Waals surface area contributed by atoms with Gasteiger partial charge in [0.2, 0.25) is 5.91 Å². The third-order valence-corrected chi connectivity index (χ3v) is 4.05. The number of aromatic hydroxyl groups is 1. The lowest BCUT2D eigenvalue weighted by Gasteiger charge is -2.26. The summed E-state index contributed by atoms with van der Waals surface area (Å²) in [7, 11) is 0. The Hall–Kier alpha value is -2.08. The first-order chi connectivity index (χ1) is 10.6. The molecule has 0 saturated carbocycles. The standard InChI is InChI=1S/C16H19FN2O3/c1-2-18-10-11(7-15(21)19-3-5-22-6-4-19)16-13(18)8-12(17)9-14(16)20/h8-10,20H,2-7H2,1H3. The number of phenols is 1. The number of carbonyl (C=O) groups is 1. The number of halogens is 1. The van der Waals surface area contributed by atoms with Crippen molar-refractivity contribution >= 4 is 16.8 Å². The largest absolute Gasteiger partial charge is 0.507 e. The third kappa shape index (κ3) is 2.66. The fourth-order valence-corrected chi connectivity index (χ4v) is 2.94. The first kappa shape index (κ1) is 14.8. The van der Waals surface area contributed by atoms with E-state index in [2.05, 4.69) is 0 Å². The van der Waals surface area contributed by atoms with Crippen molar-refractivity contribution in [2.24, 2.45) is 0 Å². The molecule has 6 heteroatoms. The minimum atomic E-state index is -0.483. The molecule has 0 spiro atoms. The molecule has 22 heavy (non-hydrogen) atoms. The second-order valence-electron chi connectivity index (χ2n) is 5.43. The molecule has 0 radical (unpaired) electrons. The number of hydrogen-bond donors (Lipinski definition) is 1. The molecule has 0 aliphatic carbocycles. The number of carbonyl (C=O) groups excluding carboxylic acids is 1. The van der Waals surface area contributed by atoms with Gasteiger partial charge in [0.05, 0.1) is 25.2 Å². The second kappa shape index (κ2) is 5.96. The number of fused-ring (bicyclic) bond motifs is 1. The first-order valence-electron chi connectivity index (χ1n) is 7.46. The lowest BCUT2D eigenvalue weighted by Crippen LogP contribution is -2.41. The van der Waals surface area contributed by atoms with E-state index in [1.165, 1.54) is 6.07 Å². The fraction of sp³-hybridized carbons (Fsp3) is 0.438. The molecule has 1 aliphatic rings. The van der Waals surface area contributed by atoms with Crippen molar-refractivity contribution in [2.45, 2.75) is 19.9 Å². The Morgan fingerprint density at radius 1 is 1.36 bits per heavy atom. The van der Waals surface area contributed by atoms with Crippen molar-refractivity contribution in [3.8, 4) is 5.75 Å². The highest BCUT2D eigenvalue weighted by atomic mass is 19.1. The van der Waals surface area contributed by atoms with Gasteiger partial charge in [0.25, 0.3) is 0 Å². The maximum absolute atomic E-state index is 13.5. The Balaban J connectivity index is 1.95. The molecule has 3 rings (SSSR count). The number of ether oxygens (including phenoxy) is 1. The number of aromatic nitrogens is 1. The quantitative estimate of drug-likeness (QED) is 0.942. The van der Waals surface area contributed by atoms with Gasteiger partial charge in [-0.15, -0.1) is 0 Å². The third-order valence-electron chi connectivity index (χ3n) is 4.05. The molecular formula is C16H19FN2O3. The SMILES string of the molecule is CCn1cc(CC(=O)N2CCOCC2)c2c(O)cc(F)cc21. The Morgan fingerprint density at radius 2 is 2.09 bits per heavy atom. The highest BCUT2D eigenvalue weighted by Gasteiger charge is 2.21. The van der Waals surface area contributed by atoms with Crippen molar-refractivity contribution in [3.63, 3.8) is 0 Å². The van der Waals surface area contributed by atoms with E-state index in [1.54, 1.807) is 4.90 Å². The number of hydrogen-bond acceptors (Lipinski definition) is 3. The molecule has 2 aromatic rings. The van der Waals surface area contributed by atoms with E-state index in [4.69, 9.17) is 4.74 Å². The zero-order valence-electron chi connectivity index (χ0n) is 12.5. The van der Waals surface area contributed by atoms with Gasteiger partial charge in [-0.25, -0.2) is 4.39 Å². The number of rotatable bonds is 3. The van der Waals surface area contributed by atoms with Crippen molar-refractivity contribution in [2.75, 3.05) is 26.3 Å². The highest BCUT2D eigenvalue weighted by molar-refractivity contribution is 5.93. The zero-order valence-corrected chi connectivity index (χ0v) is 12.5. The predicted octanol–water partition coefficient (Wildman–Crippen LogP) is 1.91. The predicted molar refractivity (Wildman–Crippen MR) is 80.3 cm³/mol. The number of amides is 1. The van der Waals surface area contributed by atoms with Crippen molar-refractivity contribution in [1.82, 2.24) is 9.47 Å². The van der Waals surface area contributed by atoms with Crippen LogP contribution in [0.4, 0.5) is 4.39 Å². The van der Waals surface area contributed by atoms with Crippen LogP contribution < -0.4 is 0 Å². The normalized spacial score (nSPS) is 15.5. The Labute approximate surface area is 127 Å². The molecule has 1 fully saturated rings. The molecule has 1 aliphatic heterocycles. The zero-order chi connectivity index (χ0) is 15.7. The number of morpholine rings is 1. The molecule has 1 amide bonds. The minimum Gasteiger partial charge on any atom is -0.507 e. The molecular weight excluding hydrogens is 287 g/mol. The van der Waals surface area contributed by atoms with Gasteiger partial charge in [-0.1, -0.05) is 0 Å². The van der Waals surface area contributed by atoms with Gasteiger partial charge >= 0.3 is 0 Å². The van der Waals surface area contributed by atoms with E-state index in [1.807, 2.05) is 17.7 Å². The first-order valence-corrected chi connectivity index (χ1v) is 7.46. The van der Waals surface area contributed by atoms with Crippen LogP contribution in [0.5, 0.6) is 5.75 Å². The van der Waals surface area contributed by atoms with Gasteiger partial charge in [-0.3, -0.25) is 4.79 Å². The van der Waals surface area contributed by atoms with Crippen LogP contribution in [-0.4, -0.2) is 46.8 Å².